The highest BCUT2D eigenvalue weighted by atomic mass is 32.1. The van der Waals surface area contributed by atoms with Crippen LogP contribution in [0.5, 0.6) is 0 Å². The largest absolute Gasteiger partial charge is 0.477 e. The molecule has 2 aliphatic rings. The number of hydrogen-bond donors (Lipinski definition) is 5. The summed E-state index contributed by atoms with van der Waals surface area (Å²) in [4.78, 5) is 31.2. The number of benzene rings is 2. The monoisotopic (exact) mass is 606 g/mol. The molecule has 1 aromatic heterocycles. The number of rotatable bonds is 8. The van der Waals surface area contributed by atoms with E-state index in [1.807, 2.05) is 16.7 Å². The number of nitrogens with zero attached hydrogens (tertiary/aromatic N) is 3. The van der Waals surface area contributed by atoms with Crippen molar-refractivity contribution < 1.29 is 33.0 Å². The number of hydrogen-bond acceptors (Lipinski definition) is 9. The maximum atomic E-state index is 13.5. The topological polar surface area (TPSA) is 144 Å². The van der Waals surface area contributed by atoms with Crippen molar-refractivity contribution in [3.8, 4) is 0 Å². The highest BCUT2D eigenvalue weighted by Gasteiger charge is 2.33. The Morgan fingerprint density at radius 1 is 1.12 bits per heavy atom. The number of carbonyl (C=O) groups is 2. The minimum atomic E-state index is -4.57. The van der Waals surface area contributed by atoms with Crippen LogP contribution in [0.4, 0.5) is 35.4 Å². The maximum Gasteiger partial charge on any atom is 0.416 e. The van der Waals surface area contributed by atoms with Gasteiger partial charge >= 0.3 is 12.1 Å². The summed E-state index contributed by atoms with van der Waals surface area (Å²) >= 11 is 1.19. The molecular weight excluding hydrogens is 573 g/mol. The molecule has 2 aromatic carbocycles. The van der Waals surface area contributed by atoms with Gasteiger partial charge in [-0.1, -0.05) is 17.4 Å². The molecule has 1 saturated carbocycles. The Morgan fingerprint density at radius 2 is 1.83 bits per heavy atom. The van der Waals surface area contributed by atoms with Gasteiger partial charge < -0.3 is 31.5 Å². The quantitative estimate of drug-likeness (QED) is 0.236. The van der Waals surface area contributed by atoms with Crippen molar-refractivity contribution in [1.82, 2.24) is 9.88 Å². The van der Waals surface area contributed by atoms with Crippen LogP contribution in [-0.2, 0) is 6.18 Å². The molecule has 0 bridgehead atoms. The Kier molecular flexibility index (Phi) is 9.91. The maximum absolute atomic E-state index is 13.5. The number of aryl methyl sites for hydroxylation is 1. The van der Waals surface area contributed by atoms with Crippen LogP contribution >= 0.6 is 11.3 Å². The van der Waals surface area contributed by atoms with Gasteiger partial charge in [0.2, 0.25) is 0 Å². The van der Waals surface area contributed by atoms with Gasteiger partial charge in [0.1, 0.15) is 4.88 Å². The number of aromatic carboxylic acids is 1. The lowest BCUT2D eigenvalue weighted by molar-refractivity contribution is -0.137. The molecule has 1 saturated heterocycles. The molecule has 2 fully saturated rings. The first-order valence-electron chi connectivity index (χ1n) is 13.4. The first-order chi connectivity index (χ1) is 19.9. The van der Waals surface area contributed by atoms with Gasteiger partial charge in [-0.05, 0) is 55.7 Å². The summed E-state index contributed by atoms with van der Waals surface area (Å²) in [5, 5.41) is 24.1. The minimum Gasteiger partial charge on any atom is -0.477 e. The van der Waals surface area contributed by atoms with Crippen LogP contribution in [0.25, 0.3) is 0 Å². The van der Waals surface area contributed by atoms with Crippen LogP contribution in [0.1, 0.15) is 44.0 Å². The highest BCUT2D eigenvalue weighted by molar-refractivity contribution is 7.17. The SMILES string of the molecule is Cc1ccc(NC(=O)c2cc(N3CCN(CCO)CC3)cc(C(F)(F)F)c2)cc1N.O=C(O)c1cnc(NC2CC2)s1. The van der Waals surface area contributed by atoms with Gasteiger partial charge in [-0.3, -0.25) is 9.69 Å². The number of anilines is 4. The second kappa shape index (κ2) is 13.4. The predicted octanol–water partition coefficient (Wildman–Crippen LogP) is 4.38. The van der Waals surface area contributed by atoms with Crippen LogP contribution in [0, 0.1) is 6.92 Å². The number of nitrogens with one attached hydrogen (secondary N) is 2. The number of carbonyl (C=O) groups excluding carboxylic acids is 1. The van der Waals surface area contributed by atoms with Crippen LogP contribution in [-0.4, -0.2) is 77.3 Å². The third-order valence-electron chi connectivity index (χ3n) is 6.82. The zero-order chi connectivity index (χ0) is 30.4. The average molecular weight is 607 g/mol. The molecule has 42 heavy (non-hydrogen) atoms. The number of thiazole rings is 1. The van der Waals surface area contributed by atoms with Gasteiger partial charge in [0.25, 0.3) is 5.91 Å². The van der Waals surface area contributed by atoms with E-state index in [9.17, 15) is 22.8 Å². The van der Waals surface area contributed by atoms with Gasteiger partial charge in [0.15, 0.2) is 5.13 Å². The number of aromatic nitrogens is 1. The third-order valence-corrected chi connectivity index (χ3v) is 7.74. The number of aliphatic hydroxyl groups is 1. The van der Waals surface area contributed by atoms with Gasteiger partial charge in [-0.15, -0.1) is 0 Å². The molecule has 2 heterocycles. The molecule has 226 valence electrons. The first-order valence-corrected chi connectivity index (χ1v) is 14.2. The second-order valence-corrected chi connectivity index (χ2v) is 11.1. The number of carboxylic acids is 1. The molecule has 0 atom stereocenters. The Hall–Kier alpha value is -3.88. The molecule has 0 unspecified atom stereocenters. The summed E-state index contributed by atoms with van der Waals surface area (Å²) in [6.07, 6.45) is -0.847. The molecular formula is C28H33F3N6O4S. The Morgan fingerprint density at radius 3 is 2.40 bits per heavy atom. The standard InChI is InChI=1S/C21H25F3N4O2.C7H8N2O2S/c1-14-2-3-17(13-19(14)25)26-20(30)15-10-16(21(22,23)24)12-18(11-15)28-6-4-27(5-7-28)8-9-29;10-6(11)5-3-8-7(12-5)9-4-1-2-4/h2-3,10-13,29H,4-9,25H2,1H3,(H,26,30);3-4H,1-2H2,(H,8,9)(H,10,11). The molecule has 5 rings (SSSR count). The predicted molar refractivity (Wildman–Crippen MR) is 156 cm³/mol. The van der Waals surface area contributed by atoms with Crippen molar-refractivity contribution in [3.05, 3.63) is 64.2 Å². The number of alkyl halides is 3. The fraction of sp³-hybridized carbons (Fsp3) is 0.393. The molecule has 0 radical (unpaired) electrons. The van der Waals surface area contributed by atoms with E-state index in [1.54, 1.807) is 18.2 Å². The number of piperazine rings is 1. The molecule has 1 aliphatic heterocycles. The van der Waals surface area contributed by atoms with Crippen molar-refractivity contribution >= 4 is 45.4 Å². The van der Waals surface area contributed by atoms with E-state index in [0.717, 1.165) is 22.8 Å². The summed E-state index contributed by atoms with van der Waals surface area (Å²) in [6.45, 7) is 4.66. The minimum absolute atomic E-state index is 0.0391. The highest BCUT2D eigenvalue weighted by Crippen LogP contribution is 2.34. The van der Waals surface area contributed by atoms with Gasteiger partial charge in [-0.25, -0.2) is 9.78 Å². The summed E-state index contributed by atoms with van der Waals surface area (Å²) in [7, 11) is 0. The van der Waals surface area contributed by atoms with E-state index in [1.165, 1.54) is 36.4 Å². The van der Waals surface area contributed by atoms with E-state index in [-0.39, 0.29) is 17.0 Å². The Bertz CT molecular complexity index is 1400. The number of carboxylic acid groups (broad SMARTS) is 1. The van der Waals surface area contributed by atoms with Gasteiger partial charge in [-0.2, -0.15) is 13.2 Å². The van der Waals surface area contributed by atoms with Crippen LogP contribution in [0.15, 0.2) is 42.6 Å². The average Bonchev–Trinajstić information content (AvgIpc) is 3.64. The number of β-amino-alcohol motifs (C(OH)–C–C–N with tert-alkyl or cyclic N) is 1. The Balaban J connectivity index is 0.000000279. The van der Waals surface area contributed by atoms with Crippen molar-refractivity contribution in [1.29, 1.82) is 0 Å². The van der Waals surface area contributed by atoms with Gasteiger partial charge in [0.05, 0.1) is 18.4 Å². The summed E-state index contributed by atoms with van der Waals surface area (Å²) in [6, 6.07) is 8.89. The first kappa shape index (κ1) is 31.1. The van der Waals surface area contributed by atoms with E-state index >= 15 is 0 Å². The number of halogens is 3. The zero-order valence-electron chi connectivity index (χ0n) is 22.9. The molecule has 3 aromatic rings. The molecule has 0 spiro atoms. The number of amides is 1. The van der Waals surface area contributed by atoms with Crippen molar-refractivity contribution in [2.75, 3.05) is 60.6 Å². The Labute approximate surface area is 245 Å². The van der Waals surface area contributed by atoms with Gasteiger partial charge in [0, 0.05) is 61.4 Å². The number of aliphatic hydroxyl groups excluding tert-OH is 1. The van der Waals surface area contributed by atoms with E-state index < -0.39 is 23.6 Å². The summed E-state index contributed by atoms with van der Waals surface area (Å²) < 4.78 is 40.4. The van der Waals surface area contributed by atoms with Crippen molar-refractivity contribution in [3.63, 3.8) is 0 Å². The van der Waals surface area contributed by atoms with Crippen LogP contribution in [0.3, 0.4) is 0 Å². The second-order valence-electron chi connectivity index (χ2n) is 10.1. The van der Waals surface area contributed by atoms with E-state index in [4.69, 9.17) is 15.9 Å². The molecule has 6 N–H and O–H groups in total. The zero-order valence-corrected chi connectivity index (χ0v) is 23.8. The molecule has 14 heteroatoms. The lowest BCUT2D eigenvalue weighted by Gasteiger charge is -2.36. The number of nitrogens with two attached hydrogens (primary N) is 1. The normalized spacial score (nSPS) is 15.5. The molecule has 1 aliphatic carbocycles. The van der Waals surface area contributed by atoms with E-state index in [2.05, 4.69) is 15.6 Å². The van der Waals surface area contributed by atoms with Crippen molar-refractivity contribution in [2.24, 2.45) is 0 Å². The molecule has 1 amide bonds. The summed E-state index contributed by atoms with van der Waals surface area (Å²) in [5.74, 6) is -1.54. The fourth-order valence-electron chi connectivity index (χ4n) is 4.22. The fourth-order valence-corrected chi connectivity index (χ4v) is 4.96. The summed E-state index contributed by atoms with van der Waals surface area (Å²) in [5.41, 5.74) is 6.99. The lowest BCUT2D eigenvalue weighted by atomic mass is 10.1. The van der Waals surface area contributed by atoms with Crippen LogP contribution in [0.2, 0.25) is 0 Å². The van der Waals surface area contributed by atoms with E-state index in [0.29, 0.717) is 55.8 Å². The molecule has 10 nitrogen and oxygen atoms in total. The smallest absolute Gasteiger partial charge is 0.416 e. The van der Waals surface area contributed by atoms with Crippen LogP contribution < -0.4 is 21.3 Å². The number of nitrogen functional groups attached to an aromatic ring is 1. The van der Waals surface area contributed by atoms with Crippen molar-refractivity contribution in [2.45, 2.75) is 32.0 Å². The third kappa shape index (κ3) is 8.57. The lowest BCUT2D eigenvalue weighted by Crippen LogP contribution is -2.47.